The number of hydrogen-bond acceptors (Lipinski definition) is 6. The van der Waals surface area contributed by atoms with E-state index in [1.165, 1.54) is 38.8 Å². The van der Waals surface area contributed by atoms with Gasteiger partial charge in [0.2, 0.25) is 0 Å². The van der Waals surface area contributed by atoms with Crippen molar-refractivity contribution in [3.05, 3.63) is 48.2 Å². The second-order valence-electron chi connectivity index (χ2n) is 8.57. The van der Waals surface area contributed by atoms with Crippen molar-refractivity contribution >= 4 is 11.5 Å². The summed E-state index contributed by atoms with van der Waals surface area (Å²) in [7, 11) is 1.72. The normalized spacial score (nSPS) is 18.7. The largest absolute Gasteiger partial charge is 0.496 e. The number of piperidine rings is 1. The number of anilines is 1. The average Bonchev–Trinajstić information content (AvgIpc) is 3.35. The van der Waals surface area contributed by atoms with Crippen LogP contribution in [0, 0.1) is 5.92 Å². The van der Waals surface area contributed by atoms with Crippen LogP contribution in [-0.4, -0.2) is 63.7 Å². The number of amidine groups is 1. The zero-order valence-electron chi connectivity index (χ0n) is 19.5. The molecule has 1 aromatic rings. The Kier molecular flexibility index (Phi) is 10.6. The minimum atomic E-state index is 0.583. The number of hydrogen-bond donors (Lipinski definition) is 4. The monoisotopic (exact) mass is 440 g/mol. The summed E-state index contributed by atoms with van der Waals surface area (Å²) in [5, 5.41) is 10.2. The molecule has 2 aliphatic rings. The van der Waals surface area contributed by atoms with Crippen molar-refractivity contribution in [3.8, 4) is 5.75 Å². The number of likely N-dealkylation sites (tertiary alicyclic amines) is 1. The van der Waals surface area contributed by atoms with Crippen LogP contribution in [0.1, 0.15) is 31.2 Å². The Morgan fingerprint density at radius 3 is 2.84 bits per heavy atom. The summed E-state index contributed by atoms with van der Waals surface area (Å²) < 4.78 is 5.53. The van der Waals surface area contributed by atoms with E-state index < -0.39 is 0 Å². The molecule has 0 bridgehead atoms. The summed E-state index contributed by atoms with van der Waals surface area (Å²) in [6.45, 7) is 8.37. The smallest absolute Gasteiger partial charge is 0.123 e. The molecule has 7 nitrogen and oxygen atoms in total. The Morgan fingerprint density at radius 1 is 1.25 bits per heavy atom. The van der Waals surface area contributed by atoms with Crippen molar-refractivity contribution < 1.29 is 4.74 Å². The maximum Gasteiger partial charge on any atom is 0.123 e. The number of nitrogens with zero attached hydrogens (tertiary/aromatic N) is 2. The maximum atomic E-state index is 6.00. The van der Waals surface area contributed by atoms with Crippen LogP contribution < -0.4 is 26.4 Å². The minimum Gasteiger partial charge on any atom is -0.496 e. The third-order valence-electron chi connectivity index (χ3n) is 6.11. The number of methoxy groups -OCH3 is 1. The molecule has 32 heavy (non-hydrogen) atoms. The molecule has 2 aliphatic heterocycles. The van der Waals surface area contributed by atoms with E-state index in [0.29, 0.717) is 11.8 Å². The SMILES string of the molecule is COc1ccc(N/C=C/C=C\C(N)=NCC2CCNCC2)cc1CNCCN1CCCC1. The van der Waals surface area contributed by atoms with Gasteiger partial charge < -0.3 is 31.3 Å². The number of benzene rings is 1. The fourth-order valence-electron chi connectivity index (χ4n) is 4.18. The zero-order chi connectivity index (χ0) is 22.4. The van der Waals surface area contributed by atoms with Gasteiger partial charge in [-0.3, -0.25) is 4.99 Å². The standard InChI is InChI=1S/C25H40N6O/c1-32-24-8-7-23(18-22(24)20-28-14-17-31-15-4-5-16-31)29-11-3-2-6-25(26)30-19-21-9-12-27-13-10-21/h2-3,6-8,11,18,21,27-29H,4-5,9-10,12-17,19-20H2,1H3,(H2,26,30)/b6-2-,11-3+. The highest BCUT2D eigenvalue weighted by molar-refractivity contribution is 5.91. The Labute approximate surface area is 193 Å². The second-order valence-corrected chi connectivity index (χ2v) is 8.57. The van der Waals surface area contributed by atoms with Crippen molar-refractivity contribution in [2.24, 2.45) is 16.6 Å². The number of ether oxygens (including phenoxy) is 1. The number of aliphatic imine (C=N–C) groups is 1. The van der Waals surface area contributed by atoms with Crippen LogP contribution in [0.2, 0.25) is 0 Å². The molecule has 3 rings (SSSR count). The molecule has 0 aliphatic carbocycles. The predicted molar refractivity (Wildman–Crippen MR) is 134 cm³/mol. The summed E-state index contributed by atoms with van der Waals surface area (Å²) >= 11 is 0. The first-order chi connectivity index (χ1) is 15.7. The Morgan fingerprint density at radius 2 is 2.06 bits per heavy atom. The summed E-state index contributed by atoms with van der Waals surface area (Å²) in [6, 6.07) is 6.16. The third-order valence-corrected chi connectivity index (χ3v) is 6.11. The first kappa shape index (κ1) is 24.3. The summed E-state index contributed by atoms with van der Waals surface area (Å²) in [5.41, 5.74) is 8.18. The van der Waals surface area contributed by atoms with Crippen LogP contribution in [0.5, 0.6) is 5.75 Å². The Hall–Kier alpha value is -2.35. The number of allylic oxidation sites excluding steroid dienone is 2. The molecule has 1 aromatic carbocycles. The highest BCUT2D eigenvalue weighted by Crippen LogP contribution is 2.22. The molecule has 0 amide bonds. The van der Waals surface area contributed by atoms with E-state index in [4.69, 9.17) is 10.5 Å². The minimum absolute atomic E-state index is 0.583. The molecule has 0 unspecified atom stereocenters. The van der Waals surface area contributed by atoms with Gasteiger partial charge in [-0.25, -0.2) is 0 Å². The van der Waals surface area contributed by atoms with Gasteiger partial charge in [-0.2, -0.15) is 0 Å². The molecule has 5 N–H and O–H groups in total. The lowest BCUT2D eigenvalue weighted by Gasteiger charge is -2.20. The molecule has 0 atom stereocenters. The highest BCUT2D eigenvalue weighted by Gasteiger charge is 2.12. The fourth-order valence-corrected chi connectivity index (χ4v) is 4.18. The van der Waals surface area contributed by atoms with Crippen molar-refractivity contribution in [2.45, 2.75) is 32.2 Å². The molecule has 7 heteroatoms. The van der Waals surface area contributed by atoms with Crippen molar-refractivity contribution in [1.82, 2.24) is 15.5 Å². The number of nitrogens with two attached hydrogens (primary N) is 1. The van der Waals surface area contributed by atoms with Gasteiger partial charge in [0.1, 0.15) is 11.6 Å². The molecule has 0 spiro atoms. The van der Waals surface area contributed by atoms with Gasteiger partial charge in [-0.15, -0.1) is 0 Å². The van der Waals surface area contributed by atoms with E-state index >= 15 is 0 Å². The summed E-state index contributed by atoms with van der Waals surface area (Å²) in [4.78, 5) is 7.02. The highest BCUT2D eigenvalue weighted by atomic mass is 16.5. The van der Waals surface area contributed by atoms with Crippen LogP contribution in [0.4, 0.5) is 5.69 Å². The van der Waals surface area contributed by atoms with E-state index in [-0.39, 0.29) is 0 Å². The van der Waals surface area contributed by atoms with E-state index in [9.17, 15) is 0 Å². The van der Waals surface area contributed by atoms with Crippen LogP contribution >= 0.6 is 0 Å². The van der Waals surface area contributed by atoms with Crippen LogP contribution in [0.3, 0.4) is 0 Å². The second kappa shape index (κ2) is 13.9. The molecule has 0 aromatic heterocycles. The lowest BCUT2D eigenvalue weighted by molar-refractivity contribution is 0.335. The predicted octanol–water partition coefficient (Wildman–Crippen LogP) is 2.72. The molecule has 176 valence electrons. The van der Waals surface area contributed by atoms with Gasteiger partial charge in [0.15, 0.2) is 0 Å². The lowest BCUT2D eigenvalue weighted by Crippen LogP contribution is -2.29. The van der Waals surface area contributed by atoms with Crippen LogP contribution in [0.15, 0.2) is 47.6 Å². The zero-order valence-corrected chi connectivity index (χ0v) is 19.5. The topological polar surface area (TPSA) is 86.9 Å². The average molecular weight is 441 g/mol. The number of nitrogens with one attached hydrogen (secondary N) is 3. The number of rotatable bonds is 12. The lowest BCUT2D eigenvalue weighted by atomic mass is 9.98. The van der Waals surface area contributed by atoms with Gasteiger partial charge in [0.25, 0.3) is 0 Å². The molecule has 0 saturated carbocycles. The van der Waals surface area contributed by atoms with Gasteiger partial charge in [0.05, 0.1) is 7.11 Å². The van der Waals surface area contributed by atoms with E-state index in [2.05, 4.69) is 31.9 Å². The van der Waals surface area contributed by atoms with Crippen molar-refractivity contribution in [1.29, 1.82) is 0 Å². The third kappa shape index (κ3) is 8.65. The van der Waals surface area contributed by atoms with Crippen molar-refractivity contribution in [2.75, 3.05) is 58.2 Å². The van der Waals surface area contributed by atoms with E-state index in [0.717, 1.165) is 56.3 Å². The first-order valence-corrected chi connectivity index (χ1v) is 11.9. The first-order valence-electron chi connectivity index (χ1n) is 11.9. The Bertz CT molecular complexity index is 764. The molecule has 0 radical (unpaired) electrons. The fraction of sp³-hybridized carbons (Fsp3) is 0.560. The van der Waals surface area contributed by atoms with Crippen LogP contribution in [0.25, 0.3) is 0 Å². The Balaban J connectivity index is 1.41. The van der Waals surface area contributed by atoms with E-state index in [1.54, 1.807) is 7.11 Å². The summed E-state index contributed by atoms with van der Waals surface area (Å²) in [6.07, 6.45) is 12.6. The van der Waals surface area contributed by atoms with Gasteiger partial charge in [0, 0.05) is 43.6 Å². The van der Waals surface area contributed by atoms with Gasteiger partial charge in [-0.1, -0.05) is 6.08 Å². The van der Waals surface area contributed by atoms with E-state index in [1.807, 2.05) is 36.6 Å². The summed E-state index contributed by atoms with van der Waals surface area (Å²) in [5.74, 6) is 2.14. The molecule has 2 fully saturated rings. The van der Waals surface area contributed by atoms with Gasteiger partial charge in [-0.05, 0) is 88.1 Å². The maximum absolute atomic E-state index is 6.00. The molecular formula is C25H40N6O. The van der Waals surface area contributed by atoms with Crippen molar-refractivity contribution in [3.63, 3.8) is 0 Å². The molecule has 2 heterocycles. The van der Waals surface area contributed by atoms with Crippen LogP contribution in [-0.2, 0) is 6.54 Å². The molecular weight excluding hydrogens is 400 g/mol. The van der Waals surface area contributed by atoms with Gasteiger partial charge >= 0.3 is 0 Å². The quantitative estimate of drug-likeness (QED) is 0.173. The molecule has 2 saturated heterocycles.